The molecule has 63 heavy (non-hydrogen) atoms. The Bertz CT molecular complexity index is 2000. The zero-order valence-corrected chi connectivity index (χ0v) is 36.9. The van der Waals surface area contributed by atoms with Gasteiger partial charge in [-0.05, 0) is 95.5 Å². The van der Waals surface area contributed by atoms with Crippen molar-refractivity contribution in [2.75, 3.05) is 6.54 Å². The van der Waals surface area contributed by atoms with Gasteiger partial charge in [0.2, 0.25) is 11.8 Å². The van der Waals surface area contributed by atoms with Crippen LogP contribution >= 0.6 is 0 Å². The second-order valence-corrected chi connectivity index (χ2v) is 17.9. The summed E-state index contributed by atoms with van der Waals surface area (Å²) < 4.78 is 5.63. The first-order valence-electron chi connectivity index (χ1n) is 21.6. The summed E-state index contributed by atoms with van der Waals surface area (Å²) in [6.07, 6.45) is 7.29. The zero-order chi connectivity index (χ0) is 46.4. The lowest BCUT2D eigenvalue weighted by atomic mass is 9.71. The standard InChI is InChI=1S/C45H66N10O8/c1-43(2,3)63-42(62)45(49,24-28-13-7-5-8-14-28)41(61)54-32(22-31-26-50-27-53-31)38(58)36(30-15-9-6-10-16-30)37(47)34(56)23-35(57)55-39(59)33-21-29(17-20-51-33)25-52-40(60)44(4,48)18-11-12-19-46/h5,7-8,13-14,17,20-21,26-27,30,32,34,36-37,56H,6,9-12,15-16,18-19,22-25,46-49H2,1-4H3,(H,50,53)(H,52,60)(H,54,61)(H,55,57,59)/t32-,34?,36?,37?,44-,45-/m0/s1. The van der Waals surface area contributed by atoms with Gasteiger partial charge in [-0.1, -0.05) is 49.6 Å². The minimum Gasteiger partial charge on any atom is -0.458 e. The molecule has 1 aliphatic carbocycles. The highest BCUT2D eigenvalue weighted by Gasteiger charge is 2.48. The summed E-state index contributed by atoms with van der Waals surface area (Å²) in [4.78, 5) is 93.3. The average Bonchev–Trinajstić information content (AvgIpc) is 3.76. The summed E-state index contributed by atoms with van der Waals surface area (Å²) in [7, 11) is 0. The highest BCUT2D eigenvalue weighted by molar-refractivity contribution is 6.09. The third-order valence-corrected chi connectivity index (χ3v) is 11.3. The molecule has 1 aliphatic rings. The van der Waals surface area contributed by atoms with E-state index in [-0.39, 0.29) is 36.9 Å². The number of benzene rings is 1. The number of ether oxygens (including phenoxy) is 1. The van der Waals surface area contributed by atoms with Crippen LogP contribution in [0.15, 0.2) is 61.2 Å². The van der Waals surface area contributed by atoms with Crippen LogP contribution < -0.4 is 38.9 Å². The molecule has 18 nitrogen and oxygen atoms in total. The highest BCUT2D eigenvalue weighted by atomic mass is 16.6. The molecular formula is C45H66N10O8. The molecule has 0 bridgehead atoms. The fourth-order valence-corrected chi connectivity index (χ4v) is 7.77. The number of imide groups is 1. The van der Waals surface area contributed by atoms with Gasteiger partial charge in [-0.2, -0.15) is 0 Å². The molecule has 0 spiro atoms. The van der Waals surface area contributed by atoms with Gasteiger partial charge in [0.25, 0.3) is 11.8 Å². The minimum atomic E-state index is -2.26. The monoisotopic (exact) mass is 875 g/mol. The van der Waals surface area contributed by atoms with Gasteiger partial charge in [-0.15, -0.1) is 0 Å². The SMILES string of the molecule is CC(C)(C)OC(=O)[C@](N)(Cc1ccccc1)C(=O)N[C@@H](Cc1cnc[nH]1)C(=O)C(C1CCCCC1)C(N)C(O)CC(=O)NC(=O)c1cc(CNC(=O)[C@@](C)(N)CCCCN)ccn1. The van der Waals surface area contributed by atoms with Crippen molar-refractivity contribution in [2.24, 2.45) is 34.8 Å². The molecule has 13 N–H and O–H groups in total. The Morgan fingerprint density at radius 3 is 2.29 bits per heavy atom. The number of aliphatic hydroxyl groups is 1. The van der Waals surface area contributed by atoms with Gasteiger partial charge in [0, 0.05) is 49.4 Å². The van der Waals surface area contributed by atoms with Gasteiger partial charge in [-0.25, -0.2) is 9.78 Å². The van der Waals surface area contributed by atoms with E-state index in [9.17, 15) is 33.9 Å². The predicted octanol–water partition coefficient (Wildman–Crippen LogP) is 1.38. The predicted molar refractivity (Wildman–Crippen MR) is 235 cm³/mol. The van der Waals surface area contributed by atoms with Crippen LogP contribution in [0.5, 0.6) is 0 Å². The van der Waals surface area contributed by atoms with E-state index < -0.39 is 76.7 Å². The van der Waals surface area contributed by atoms with E-state index in [1.54, 1.807) is 64.1 Å². The maximum Gasteiger partial charge on any atom is 0.336 e. The summed E-state index contributed by atoms with van der Waals surface area (Å²) in [5, 5.41) is 19.3. The molecule has 3 aromatic rings. The van der Waals surface area contributed by atoms with E-state index in [1.165, 1.54) is 24.8 Å². The second-order valence-electron chi connectivity index (χ2n) is 17.9. The number of hydrogen-bond donors (Lipinski definition) is 9. The first-order valence-corrected chi connectivity index (χ1v) is 21.6. The number of pyridine rings is 1. The van der Waals surface area contributed by atoms with Crippen LogP contribution in [-0.2, 0) is 48.1 Å². The van der Waals surface area contributed by atoms with Crippen molar-refractivity contribution in [1.82, 2.24) is 30.9 Å². The number of imidazole rings is 1. The van der Waals surface area contributed by atoms with E-state index in [2.05, 4.69) is 30.9 Å². The summed E-state index contributed by atoms with van der Waals surface area (Å²) in [6, 6.07) is 9.10. The number of unbranched alkanes of at least 4 members (excludes halogenated alkanes) is 1. The Hall–Kier alpha value is -5.40. The van der Waals surface area contributed by atoms with Crippen LogP contribution in [0.2, 0.25) is 0 Å². The van der Waals surface area contributed by atoms with Gasteiger partial charge >= 0.3 is 5.97 Å². The molecule has 0 radical (unpaired) electrons. The lowest BCUT2D eigenvalue weighted by Crippen LogP contribution is -2.65. The molecule has 2 aromatic heterocycles. The minimum absolute atomic E-state index is 0.0471. The Morgan fingerprint density at radius 1 is 0.952 bits per heavy atom. The third kappa shape index (κ3) is 14.8. The van der Waals surface area contributed by atoms with Gasteiger partial charge in [0.1, 0.15) is 11.3 Å². The number of nitrogens with two attached hydrogens (primary N) is 4. The number of ketones is 1. The van der Waals surface area contributed by atoms with Crippen molar-refractivity contribution in [3.05, 3.63) is 83.7 Å². The van der Waals surface area contributed by atoms with E-state index in [0.29, 0.717) is 49.0 Å². The number of carbonyl (C=O) groups excluding carboxylic acids is 6. The van der Waals surface area contributed by atoms with Gasteiger partial charge < -0.3 is 48.4 Å². The van der Waals surface area contributed by atoms with Crippen LogP contribution in [0, 0.1) is 11.8 Å². The number of Topliss-reactive ketones (excluding diaryl/α,β-unsaturated/α-hetero) is 1. The zero-order valence-electron chi connectivity index (χ0n) is 36.9. The Labute approximate surface area is 368 Å². The van der Waals surface area contributed by atoms with E-state index in [1.807, 2.05) is 0 Å². The van der Waals surface area contributed by atoms with Crippen LogP contribution in [0.1, 0.15) is 113 Å². The molecule has 18 heteroatoms. The fourth-order valence-electron chi connectivity index (χ4n) is 7.77. The second kappa shape index (κ2) is 22.8. The van der Waals surface area contributed by atoms with Gasteiger partial charge in [0.15, 0.2) is 11.3 Å². The number of nitrogens with zero attached hydrogens (tertiary/aromatic N) is 2. The Morgan fingerprint density at radius 2 is 1.65 bits per heavy atom. The van der Waals surface area contributed by atoms with Gasteiger partial charge in [-0.3, -0.25) is 34.3 Å². The topological polar surface area (TPSA) is 314 Å². The van der Waals surface area contributed by atoms with Crippen molar-refractivity contribution >= 4 is 35.4 Å². The molecule has 1 fully saturated rings. The number of aromatic amines is 1. The molecular weight excluding hydrogens is 809 g/mol. The maximum atomic E-state index is 14.9. The molecule has 1 saturated carbocycles. The third-order valence-electron chi connectivity index (χ3n) is 11.3. The number of aliphatic hydroxyl groups excluding tert-OH is 1. The fraction of sp³-hybridized carbons (Fsp3) is 0.556. The summed E-state index contributed by atoms with van der Waals surface area (Å²) in [6.45, 7) is 7.13. The molecule has 0 saturated heterocycles. The molecule has 3 unspecified atom stereocenters. The van der Waals surface area contributed by atoms with Crippen LogP contribution in [0.25, 0.3) is 0 Å². The molecule has 6 atom stereocenters. The number of carbonyl (C=O) groups is 6. The highest BCUT2D eigenvalue weighted by Crippen LogP contribution is 2.34. The van der Waals surface area contributed by atoms with Gasteiger partial charge in [0.05, 0.1) is 30.4 Å². The molecule has 2 heterocycles. The molecule has 4 rings (SSSR count). The van der Waals surface area contributed by atoms with Crippen molar-refractivity contribution in [3.63, 3.8) is 0 Å². The summed E-state index contributed by atoms with van der Waals surface area (Å²) >= 11 is 0. The first kappa shape index (κ1) is 50.2. The normalized spacial score (nSPS) is 17.2. The van der Waals surface area contributed by atoms with Crippen LogP contribution in [0.4, 0.5) is 0 Å². The summed E-state index contributed by atoms with van der Waals surface area (Å²) in [5.41, 5.74) is 22.3. The Balaban J connectivity index is 1.52. The number of esters is 1. The smallest absolute Gasteiger partial charge is 0.336 e. The molecule has 344 valence electrons. The number of H-pyrrole nitrogens is 1. The number of nitrogens with one attached hydrogen (secondary N) is 4. The number of aromatic nitrogens is 3. The maximum absolute atomic E-state index is 14.9. The van der Waals surface area contributed by atoms with Crippen LogP contribution in [-0.4, -0.2) is 96.9 Å². The van der Waals surface area contributed by atoms with Crippen molar-refractivity contribution in [2.45, 2.75) is 140 Å². The number of hydrogen-bond acceptors (Lipinski definition) is 14. The van der Waals surface area contributed by atoms with Crippen molar-refractivity contribution in [1.29, 1.82) is 0 Å². The quantitative estimate of drug-likeness (QED) is 0.0392. The molecule has 0 aliphatic heterocycles. The summed E-state index contributed by atoms with van der Waals surface area (Å²) in [5.74, 6) is -5.96. The molecule has 4 amide bonds. The molecule has 1 aromatic carbocycles. The number of amides is 4. The van der Waals surface area contributed by atoms with E-state index >= 15 is 0 Å². The van der Waals surface area contributed by atoms with E-state index in [4.69, 9.17) is 27.7 Å². The van der Waals surface area contributed by atoms with Crippen molar-refractivity contribution < 1.29 is 38.6 Å². The largest absolute Gasteiger partial charge is 0.458 e. The average molecular weight is 875 g/mol. The van der Waals surface area contributed by atoms with Crippen LogP contribution in [0.3, 0.4) is 0 Å². The van der Waals surface area contributed by atoms with E-state index in [0.717, 1.165) is 25.7 Å². The Kier molecular flexibility index (Phi) is 18.2. The lowest BCUT2D eigenvalue weighted by Gasteiger charge is -2.38. The van der Waals surface area contributed by atoms with Crippen molar-refractivity contribution in [3.8, 4) is 0 Å². The lowest BCUT2D eigenvalue weighted by molar-refractivity contribution is -0.165. The first-order chi connectivity index (χ1) is 29.7. The number of rotatable bonds is 22.